The predicted molar refractivity (Wildman–Crippen MR) is 73.5 cm³/mol. The third kappa shape index (κ3) is 3.05. The monoisotopic (exact) mass is 304 g/mol. The number of rotatable bonds is 6. The zero-order chi connectivity index (χ0) is 15.5. The number of sulfonamides is 1. The molecule has 0 aromatic heterocycles. The van der Waals surface area contributed by atoms with Crippen molar-refractivity contribution in [1.29, 1.82) is 0 Å². The minimum absolute atomic E-state index is 0.0365. The normalized spacial score (nSPS) is 12.2. The van der Waals surface area contributed by atoms with Gasteiger partial charge >= 0.3 is 0 Å². The van der Waals surface area contributed by atoms with Gasteiger partial charge in [0.2, 0.25) is 10.0 Å². The van der Waals surface area contributed by atoms with E-state index in [1.165, 1.54) is 6.08 Å². The Morgan fingerprint density at radius 2 is 2.00 bits per heavy atom. The van der Waals surface area contributed by atoms with Crippen molar-refractivity contribution >= 4 is 10.0 Å². The molecule has 20 heavy (non-hydrogen) atoms. The van der Waals surface area contributed by atoms with Gasteiger partial charge in [-0.05, 0) is 26.0 Å². The summed E-state index contributed by atoms with van der Waals surface area (Å²) < 4.78 is 53.5. The lowest BCUT2D eigenvalue weighted by molar-refractivity contribution is 0.379. The number of halogens is 2. The molecule has 2 N–H and O–H groups in total. The van der Waals surface area contributed by atoms with Crippen LogP contribution in [0.4, 0.5) is 8.78 Å². The quantitative estimate of drug-likeness (QED) is 0.818. The van der Waals surface area contributed by atoms with E-state index in [0.717, 1.165) is 16.4 Å². The van der Waals surface area contributed by atoms with Crippen molar-refractivity contribution in [3.8, 4) is 0 Å². The number of hydrogen-bond donors (Lipinski definition) is 1. The Morgan fingerprint density at radius 1 is 1.40 bits per heavy atom. The van der Waals surface area contributed by atoms with Crippen LogP contribution in [0, 0.1) is 11.6 Å². The Bertz CT molecular complexity index is 601. The van der Waals surface area contributed by atoms with Crippen LogP contribution in [0.15, 0.2) is 29.7 Å². The van der Waals surface area contributed by atoms with E-state index < -0.39 is 38.7 Å². The fraction of sp³-hybridized carbons (Fsp3) is 0.385. The second-order valence-electron chi connectivity index (χ2n) is 4.50. The summed E-state index contributed by atoms with van der Waals surface area (Å²) in [5.41, 5.74) is 4.82. The van der Waals surface area contributed by atoms with Crippen LogP contribution >= 0.6 is 0 Å². The first-order valence-electron chi connectivity index (χ1n) is 6.07. The molecule has 7 heteroatoms. The summed E-state index contributed by atoms with van der Waals surface area (Å²) in [6, 6.07) is 1.44. The minimum atomic E-state index is -4.08. The van der Waals surface area contributed by atoms with Crippen molar-refractivity contribution in [2.75, 3.05) is 6.54 Å². The van der Waals surface area contributed by atoms with Crippen LogP contribution < -0.4 is 5.73 Å². The van der Waals surface area contributed by atoms with Crippen LogP contribution in [0.3, 0.4) is 0 Å². The van der Waals surface area contributed by atoms with Crippen molar-refractivity contribution < 1.29 is 17.2 Å². The van der Waals surface area contributed by atoms with Crippen LogP contribution in [-0.4, -0.2) is 25.3 Å². The molecule has 1 rings (SSSR count). The van der Waals surface area contributed by atoms with E-state index in [1.54, 1.807) is 13.8 Å². The summed E-state index contributed by atoms with van der Waals surface area (Å²) in [5.74, 6) is -1.99. The number of benzene rings is 1. The summed E-state index contributed by atoms with van der Waals surface area (Å²) >= 11 is 0. The van der Waals surface area contributed by atoms with E-state index in [4.69, 9.17) is 5.73 Å². The summed E-state index contributed by atoms with van der Waals surface area (Å²) in [7, 11) is -4.08. The van der Waals surface area contributed by atoms with E-state index in [2.05, 4.69) is 6.58 Å². The van der Waals surface area contributed by atoms with Gasteiger partial charge in [-0.2, -0.15) is 4.31 Å². The number of nitrogens with zero attached hydrogens (tertiary/aromatic N) is 1. The zero-order valence-electron chi connectivity index (χ0n) is 11.4. The molecule has 1 aromatic carbocycles. The van der Waals surface area contributed by atoms with Crippen molar-refractivity contribution in [2.45, 2.75) is 31.3 Å². The van der Waals surface area contributed by atoms with Crippen LogP contribution in [0.1, 0.15) is 19.4 Å². The van der Waals surface area contributed by atoms with E-state index in [0.29, 0.717) is 0 Å². The van der Waals surface area contributed by atoms with Crippen molar-refractivity contribution in [3.05, 3.63) is 42.0 Å². The molecule has 0 bridgehead atoms. The minimum Gasteiger partial charge on any atom is -0.326 e. The van der Waals surface area contributed by atoms with Crippen LogP contribution in [0.25, 0.3) is 0 Å². The summed E-state index contributed by atoms with van der Waals surface area (Å²) in [6.45, 7) is 6.42. The maximum absolute atomic E-state index is 14.1. The molecule has 0 unspecified atom stereocenters. The first-order valence-corrected chi connectivity index (χ1v) is 7.51. The van der Waals surface area contributed by atoms with Gasteiger partial charge < -0.3 is 5.73 Å². The fourth-order valence-corrected chi connectivity index (χ4v) is 3.50. The molecule has 0 saturated carbocycles. The Morgan fingerprint density at radius 3 is 2.45 bits per heavy atom. The largest absolute Gasteiger partial charge is 0.326 e. The average Bonchev–Trinajstić information content (AvgIpc) is 2.35. The molecule has 0 heterocycles. The van der Waals surface area contributed by atoms with E-state index in [-0.39, 0.29) is 12.6 Å². The van der Waals surface area contributed by atoms with Gasteiger partial charge in [0.15, 0.2) is 5.82 Å². The average molecular weight is 304 g/mol. The topological polar surface area (TPSA) is 63.4 Å². The maximum Gasteiger partial charge on any atom is 0.246 e. The highest BCUT2D eigenvalue weighted by molar-refractivity contribution is 7.89. The molecule has 0 aliphatic carbocycles. The standard InChI is InChI=1S/C13H18F2N2O2S/c1-4-7-17(9(2)3)20(18,19)12-6-5-11(14)10(8-16)13(12)15/h4-6,9H,1,7-8,16H2,2-3H3. The Hall–Kier alpha value is -1.31. The first-order chi connectivity index (χ1) is 9.27. The summed E-state index contributed by atoms with van der Waals surface area (Å²) in [4.78, 5) is -0.574. The molecule has 0 atom stereocenters. The van der Waals surface area contributed by atoms with Crippen LogP contribution in [0.2, 0.25) is 0 Å². The molecule has 0 saturated heterocycles. The molecule has 0 fully saturated rings. The molecule has 0 amide bonds. The summed E-state index contributed by atoms with van der Waals surface area (Å²) in [5, 5.41) is 0. The molecule has 0 radical (unpaired) electrons. The highest BCUT2D eigenvalue weighted by Gasteiger charge is 2.30. The van der Waals surface area contributed by atoms with E-state index in [1.807, 2.05) is 0 Å². The lowest BCUT2D eigenvalue weighted by Gasteiger charge is -2.25. The zero-order valence-corrected chi connectivity index (χ0v) is 12.3. The molecule has 1 aromatic rings. The summed E-state index contributed by atoms with van der Waals surface area (Å²) in [6.07, 6.45) is 1.41. The van der Waals surface area contributed by atoms with Gasteiger partial charge in [-0.3, -0.25) is 0 Å². The maximum atomic E-state index is 14.1. The highest BCUT2D eigenvalue weighted by atomic mass is 32.2. The van der Waals surface area contributed by atoms with E-state index >= 15 is 0 Å². The second-order valence-corrected chi connectivity index (χ2v) is 6.36. The third-order valence-corrected chi connectivity index (χ3v) is 4.89. The second kappa shape index (κ2) is 6.43. The Balaban J connectivity index is 3.46. The fourth-order valence-electron chi connectivity index (χ4n) is 1.80. The van der Waals surface area contributed by atoms with Crippen LogP contribution in [-0.2, 0) is 16.6 Å². The molecular weight excluding hydrogens is 286 g/mol. The SMILES string of the molecule is C=CCN(C(C)C)S(=O)(=O)c1ccc(F)c(CN)c1F. The van der Waals surface area contributed by atoms with Crippen LogP contribution in [0.5, 0.6) is 0 Å². The molecule has 0 aliphatic rings. The first kappa shape index (κ1) is 16.7. The van der Waals surface area contributed by atoms with Gasteiger partial charge in [0.1, 0.15) is 10.7 Å². The van der Waals surface area contributed by atoms with Gasteiger partial charge in [-0.1, -0.05) is 6.08 Å². The molecular formula is C13H18F2N2O2S. The van der Waals surface area contributed by atoms with Gasteiger partial charge in [-0.25, -0.2) is 17.2 Å². The van der Waals surface area contributed by atoms with Gasteiger partial charge in [0, 0.05) is 24.7 Å². The lowest BCUT2D eigenvalue weighted by atomic mass is 10.2. The highest BCUT2D eigenvalue weighted by Crippen LogP contribution is 2.25. The molecule has 112 valence electrons. The number of hydrogen-bond acceptors (Lipinski definition) is 3. The smallest absolute Gasteiger partial charge is 0.246 e. The molecule has 4 nitrogen and oxygen atoms in total. The lowest BCUT2D eigenvalue weighted by Crippen LogP contribution is -2.37. The Labute approximate surface area is 117 Å². The Kier molecular flexibility index (Phi) is 5.38. The van der Waals surface area contributed by atoms with Gasteiger partial charge in [-0.15, -0.1) is 6.58 Å². The predicted octanol–water partition coefficient (Wildman–Crippen LogP) is 2.01. The van der Waals surface area contributed by atoms with Gasteiger partial charge in [0.05, 0.1) is 0 Å². The van der Waals surface area contributed by atoms with Crippen molar-refractivity contribution in [3.63, 3.8) is 0 Å². The number of nitrogens with two attached hydrogens (primary N) is 1. The van der Waals surface area contributed by atoms with Gasteiger partial charge in [0.25, 0.3) is 0 Å². The molecule has 0 spiro atoms. The molecule has 0 aliphatic heterocycles. The van der Waals surface area contributed by atoms with E-state index in [9.17, 15) is 17.2 Å². The van der Waals surface area contributed by atoms with Crippen molar-refractivity contribution in [1.82, 2.24) is 4.31 Å². The van der Waals surface area contributed by atoms with Crippen molar-refractivity contribution in [2.24, 2.45) is 5.73 Å². The third-order valence-electron chi connectivity index (χ3n) is 2.83.